The van der Waals surface area contributed by atoms with Gasteiger partial charge in [-0.05, 0) is 52.3 Å². The molecule has 0 unspecified atom stereocenters. The minimum Gasteiger partial charge on any atom is -0.423 e. The number of fused-ring (bicyclic) bond motifs is 1. The summed E-state index contributed by atoms with van der Waals surface area (Å²) in [6.45, 7) is 6.34. The second-order valence-corrected chi connectivity index (χ2v) is 9.04. The van der Waals surface area contributed by atoms with E-state index in [1.807, 2.05) is 12.1 Å². The number of ether oxygens (including phenoxy) is 1. The lowest BCUT2D eigenvalue weighted by Crippen LogP contribution is -2.35. The molecule has 0 bridgehead atoms. The summed E-state index contributed by atoms with van der Waals surface area (Å²) in [5.41, 5.74) is 2.41. The first-order valence-corrected chi connectivity index (χ1v) is 10.6. The van der Waals surface area contributed by atoms with E-state index in [1.54, 1.807) is 59.0 Å². The number of amidine groups is 2. The first kappa shape index (κ1) is 20.8. The Labute approximate surface area is 184 Å². The molecule has 6 nitrogen and oxygen atoms in total. The van der Waals surface area contributed by atoms with E-state index in [0.29, 0.717) is 22.0 Å². The van der Waals surface area contributed by atoms with Crippen molar-refractivity contribution in [1.82, 2.24) is 4.90 Å². The van der Waals surface area contributed by atoms with Crippen LogP contribution in [0.1, 0.15) is 42.3 Å². The zero-order valence-corrected chi connectivity index (χ0v) is 18.2. The first-order valence-electron chi connectivity index (χ1n) is 9.71. The van der Waals surface area contributed by atoms with E-state index in [1.165, 1.54) is 11.8 Å². The summed E-state index contributed by atoms with van der Waals surface area (Å²) in [7, 11) is 0. The Morgan fingerprint density at radius 1 is 1.16 bits per heavy atom. The molecule has 0 aliphatic carbocycles. The smallest absolute Gasteiger partial charge is 0.343 e. The van der Waals surface area contributed by atoms with Crippen LogP contribution in [-0.2, 0) is 10.2 Å². The van der Waals surface area contributed by atoms with Crippen molar-refractivity contribution in [1.29, 1.82) is 5.41 Å². The molecule has 2 aromatic rings. The zero-order chi connectivity index (χ0) is 22.2. The molecule has 31 heavy (non-hydrogen) atoms. The largest absolute Gasteiger partial charge is 0.423 e. The molecule has 0 atom stereocenters. The molecular weight excluding hydrogens is 410 g/mol. The van der Waals surface area contributed by atoms with Crippen LogP contribution >= 0.6 is 11.8 Å². The number of nitrogens with one attached hydrogen (secondary N) is 1. The summed E-state index contributed by atoms with van der Waals surface area (Å²) in [6.07, 6.45) is 3.28. The third-order valence-corrected chi connectivity index (χ3v) is 5.64. The van der Waals surface area contributed by atoms with Gasteiger partial charge < -0.3 is 4.74 Å². The van der Waals surface area contributed by atoms with Crippen LogP contribution in [0.15, 0.2) is 70.7 Å². The lowest BCUT2D eigenvalue weighted by Gasteiger charge is -2.22. The SMILES string of the molecule is CC(C)(C)c1ccc(C(=O)Oc2cccc(C=C3C(=N)N4C=CSC4=NC3=O)c2)cc1. The van der Waals surface area contributed by atoms with Gasteiger partial charge in [0.1, 0.15) is 11.6 Å². The number of aliphatic imine (C=N–C) groups is 1. The Kier molecular flexibility index (Phi) is 5.37. The van der Waals surface area contributed by atoms with Gasteiger partial charge in [-0.3, -0.25) is 15.1 Å². The number of rotatable bonds is 3. The molecule has 2 aliphatic rings. The summed E-state index contributed by atoms with van der Waals surface area (Å²) in [5, 5.41) is 10.6. The predicted molar refractivity (Wildman–Crippen MR) is 123 cm³/mol. The number of amides is 1. The van der Waals surface area contributed by atoms with Crippen LogP contribution in [0.25, 0.3) is 6.08 Å². The van der Waals surface area contributed by atoms with Crippen LogP contribution in [0.4, 0.5) is 0 Å². The molecule has 0 saturated carbocycles. The van der Waals surface area contributed by atoms with Crippen molar-refractivity contribution < 1.29 is 14.3 Å². The highest BCUT2D eigenvalue weighted by Crippen LogP contribution is 2.28. The van der Waals surface area contributed by atoms with E-state index in [0.717, 1.165) is 5.56 Å². The third-order valence-electron chi connectivity index (χ3n) is 4.88. The van der Waals surface area contributed by atoms with Crippen molar-refractivity contribution in [2.24, 2.45) is 4.99 Å². The van der Waals surface area contributed by atoms with Gasteiger partial charge >= 0.3 is 5.97 Å². The Hall–Kier alpha value is -3.45. The van der Waals surface area contributed by atoms with Gasteiger partial charge in [-0.15, -0.1) is 0 Å². The topological polar surface area (TPSA) is 82.8 Å². The number of thioether (sulfide) groups is 1. The van der Waals surface area contributed by atoms with E-state index in [9.17, 15) is 9.59 Å². The molecular formula is C24H21N3O3S. The first-order chi connectivity index (χ1) is 14.7. The van der Waals surface area contributed by atoms with E-state index < -0.39 is 11.9 Å². The van der Waals surface area contributed by atoms with E-state index >= 15 is 0 Å². The molecule has 1 N–H and O–H groups in total. The maximum absolute atomic E-state index is 12.5. The van der Waals surface area contributed by atoms with Crippen LogP contribution in [0, 0.1) is 5.41 Å². The second-order valence-electron chi connectivity index (χ2n) is 8.17. The average molecular weight is 432 g/mol. The molecule has 1 amide bonds. The van der Waals surface area contributed by atoms with Gasteiger partial charge in [-0.2, -0.15) is 4.99 Å². The van der Waals surface area contributed by atoms with Gasteiger partial charge in [0.05, 0.1) is 11.1 Å². The van der Waals surface area contributed by atoms with Gasteiger partial charge in [-0.25, -0.2) is 4.79 Å². The monoisotopic (exact) mass is 431 g/mol. The molecule has 0 fully saturated rings. The summed E-state index contributed by atoms with van der Waals surface area (Å²) in [4.78, 5) is 30.5. The third kappa shape index (κ3) is 4.36. The quantitative estimate of drug-likeness (QED) is 0.421. The fraction of sp³-hybridized carbons (Fsp3) is 0.167. The van der Waals surface area contributed by atoms with Crippen LogP contribution in [-0.4, -0.2) is 27.8 Å². The van der Waals surface area contributed by atoms with E-state index in [-0.39, 0.29) is 16.8 Å². The maximum atomic E-state index is 12.5. The minimum absolute atomic E-state index is 0.00288. The molecule has 2 aromatic carbocycles. The van der Waals surface area contributed by atoms with Crippen molar-refractivity contribution in [2.45, 2.75) is 26.2 Å². The number of esters is 1. The molecule has 4 rings (SSSR count). The van der Waals surface area contributed by atoms with Gasteiger partial charge in [0.15, 0.2) is 5.17 Å². The number of hydrogen-bond acceptors (Lipinski definition) is 5. The van der Waals surface area contributed by atoms with Crippen molar-refractivity contribution in [3.8, 4) is 5.75 Å². The number of hydrogen-bond donors (Lipinski definition) is 1. The fourth-order valence-corrected chi connectivity index (χ4v) is 3.84. The second kappa shape index (κ2) is 8.00. The summed E-state index contributed by atoms with van der Waals surface area (Å²) in [5.74, 6) is -0.499. The Balaban J connectivity index is 1.53. The van der Waals surface area contributed by atoms with Crippen molar-refractivity contribution >= 4 is 40.7 Å². The fourth-order valence-electron chi connectivity index (χ4n) is 3.14. The molecule has 156 valence electrons. The van der Waals surface area contributed by atoms with E-state index in [2.05, 4.69) is 25.8 Å². The summed E-state index contributed by atoms with van der Waals surface area (Å²) in [6, 6.07) is 14.2. The highest BCUT2D eigenvalue weighted by atomic mass is 32.2. The normalized spacial score (nSPS) is 17.1. The van der Waals surface area contributed by atoms with Gasteiger partial charge in [0, 0.05) is 6.20 Å². The lowest BCUT2D eigenvalue weighted by atomic mass is 9.87. The molecule has 0 spiro atoms. The standard InChI is InChI=1S/C24H21N3O3S/c1-24(2,3)17-9-7-16(8-10-17)22(29)30-18-6-4-5-15(13-18)14-19-20(25)27-11-12-31-23(27)26-21(19)28/h4-14,25H,1-3H3. The van der Waals surface area contributed by atoms with Crippen molar-refractivity contribution in [2.75, 3.05) is 0 Å². The van der Waals surface area contributed by atoms with Crippen LogP contribution < -0.4 is 4.74 Å². The predicted octanol–water partition coefficient (Wildman–Crippen LogP) is 4.98. The van der Waals surface area contributed by atoms with E-state index in [4.69, 9.17) is 10.1 Å². The number of carbonyl (C=O) groups is 2. The van der Waals surface area contributed by atoms with Crippen LogP contribution in [0.5, 0.6) is 5.75 Å². The highest BCUT2D eigenvalue weighted by molar-refractivity contribution is 8.16. The molecule has 7 heteroatoms. The molecule has 0 radical (unpaired) electrons. The molecule has 2 aliphatic heterocycles. The zero-order valence-electron chi connectivity index (χ0n) is 17.4. The Bertz CT molecular complexity index is 1170. The molecule has 0 aromatic heterocycles. The average Bonchev–Trinajstić information content (AvgIpc) is 3.19. The van der Waals surface area contributed by atoms with Crippen LogP contribution in [0.2, 0.25) is 0 Å². The minimum atomic E-state index is -0.464. The van der Waals surface area contributed by atoms with Gasteiger partial charge in [-0.1, -0.05) is 56.8 Å². The Morgan fingerprint density at radius 3 is 2.61 bits per heavy atom. The van der Waals surface area contributed by atoms with Gasteiger partial charge in [0.25, 0.3) is 5.91 Å². The summed E-state index contributed by atoms with van der Waals surface area (Å²) < 4.78 is 5.52. The van der Waals surface area contributed by atoms with Crippen molar-refractivity contribution in [3.63, 3.8) is 0 Å². The van der Waals surface area contributed by atoms with Crippen molar-refractivity contribution in [3.05, 3.63) is 82.4 Å². The van der Waals surface area contributed by atoms with Crippen LogP contribution in [0.3, 0.4) is 0 Å². The maximum Gasteiger partial charge on any atom is 0.343 e. The number of benzene rings is 2. The summed E-state index contributed by atoms with van der Waals surface area (Å²) >= 11 is 1.30. The van der Waals surface area contributed by atoms with Gasteiger partial charge in [0.2, 0.25) is 0 Å². The Morgan fingerprint density at radius 2 is 1.90 bits per heavy atom. The highest BCUT2D eigenvalue weighted by Gasteiger charge is 2.31. The lowest BCUT2D eigenvalue weighted by molar-refractivity contribution is -0.114. The molecule has 0 saturated heterocycles. The number of nitrogens with zero attached hydrogens (tertiary/aromatic N) is 2. The molecule has 2 heterocycles. The number of carbonyl (C=O) groups excluding carboxylic acids is 2.